The van der Waals surface area contributed by atoms with Gasteiger partial charge in [0, 0.05) is 31.4 Å². The Kier molecular flexibility index (Phi) is 4.50. The summed E-state index contributed by atoms with van der Waals surface area (Å²) in [5.74, 6) is 0. The quantitative estimate of drug-likeness (QED) is 0.880. The van der Waals surface area contributed by atoms with E-state index in [9.17, 15) is 0 Å². The molecule has 2 N–H and O–H groups in total. The average molecular weight is 255 g/mol. The molecule has 1 saturated heterocycles. The summed E-state index contributed by atoms with van der Waals surface area (Å²) in [6.07, 6.45) is 1.53. The molecule has 1 aliphatic heterocycles. The highest BCUT2D eigenvalue weighted by Gasteiger charge is 2.22. The smallest absolute Gasteiger partial charge is 0.0941 e. The van der Waals surface area contributed by atoms with Gasteiger partial charge in [-0.3, -0.25) is 4.90 Å². The molecular weight excluding hydrogens is 234 g/mol. The zero-order chi connectivity index (χ0) is 12.3. The molecule has 0 radical (unpaired) electrons. The van der Waals surface area contributed by atoms with Crippen LogP contribution in [0, 0.1) is 0 Å². The molecule has 5 heteroatoms. The third kappa shape index (κ3) is 3.74. The van der Waals surface area contributed by atoms with E-state index >= 15 is 0 Å². The van der Waals surface area contributed by atoms with Gasteiger partial charge in [-0.25, -0.2) is 4.98 Å². The molecule has 1 aromatic heterocycles. The SMILES string of the molecule is C[C@@H]1CN(Cc2csc(CCN)n2)C[C@H](C)O1. The predicted octanol–water partition coefficient (Wildman–Crippen LogP) is 1.25. The molecular formula is C12H21N3OS. The van der Waals surface area contributed by atoms with Crippen molar-refractivity contribution in [2.24, 2.45) is 5.73 Å². The number of thiazole rings is 1. The van der Waals surface area contributed by atoms with Crippen molar-refractivity contribution in [3.8, 4) is 0 Å². The van der Waals surface area contributed by atoms with E-state index in [1.54, 1.807) is 11.3 Å². The van der Waals surface area contributed by atoms with Crippen molar-refractivity contribution in [1.82, 2.24) is 9.88 Å². The standard InChI is InChI=1S/C12H21N3OS/c1-9-5-15(6-10(2)16-9)7-11-8-17-12(14-11)3-4-13/h8-10H,3-7,13H2,1-2H3/t9-,10+. The summed E-state index contributed by atoms with van der Waals surface area (Å²) in [4.78, 5) is 7.02. The van der Waals surface area contributed by atoms with E-state index in [1.165, 1.54) is 5.69 Å². The minimum Gasteiger partial charge on any atom is -0.373 e. The highest BCUT2D eigenvalue weighted by molar-refractivity contribution is 7.09. The first-order valence-corrected chi connectivity index (χ1v) is 7.06. The lowest BCUT2D eigenvalue weighted by atomic mass is 10.2. The van der Waals surface area contributed by atoms with E-state index in [0.29, 0.717) is 18.8 Å². The van der Waals surface area contributed by atoms with E-state index in [2.05, 4.69) is 29.1 Å². The molecule has 0 bridgehead atoms. The average Bonchev–Trinajstić information content (AvgIpc) is 2.64. The number of morpholine rings is 1. The Bertz CT molecular complexity index is 345. The van der Waals surface area contributed by atoms with Gasteiger partial charge >= 0.3 is 0 Å². The molecule has 0 aromatic carbocycles. The summed E-state index contributed by atoms with van der Waals surface area (Å²) in [5, 5.41) is 3.30. The van der Waals surface area contributed by atoms with Gasteiger partial charge in [0.25, 0.3) is 0 Å². The minimum atomic E-state index is 0.320. The van der Waals surface area contributed by atoms with Crippen molar-refractivity contribution in [3.05, 3.63) is 16.1 Å². The molecule has 0 saturated carbocycles. The number of hydrogen-bond acceptors (Lipinski definition) is 5. The van der Waals surface area contributed by atoms with Crippen LogP contribution in [-0.4, -0.2) is 41.7 Å². The minimum absolute atomic E-state index is 0.320. The van der Waals surface area contributed by atoms with Gasteiger partial charge in [-0.15, -0.1) is 11.3 Å². The van der Waals surface area contributed by atoms with Crippen LogP contribution in [0.4, 0.5) is 0 Å². The second-order valence-electron chi connectivity index (χ2n) is 4.72. The molecule has 17 heavy (non-hydrogen) atoms. The molecule has 1 fully saturated rings. The van der Waals surface area contributed by atoms with E-state index in [1.807, 2.05) is 0 Å². The molecule has 96 valence electrons. The van der Waals surface area contributed by atoms with Crippen LogP contribution in [0.5, 0.6) is 0 Å². The highest BCUT2D eigenvalue weighted by atomic mass is 32.1. The number of aromatic nitrogens is 1. The van der Waals surface area contributed by atoms with Crippen molar-refractivity contribution in [3.63, 3.8) is 0 Å². The second-order valence-corrected chi connectivity index (χ2v) is 5.67. The summed E-state index contributed by atoms with van der Waals surface area (Å²) in [6, 6.07) is 0. The maximum absolute atomic E-state index is 5.72. The van der Waals surface area contributed by atoms with Gasteiger partial charge in [0.2, 0.25) is 0 Å². The van der Waals surface area contributed by atoms with Crippen LogP contribution >= 0.6 is 11.3 Å². The third-order valence-electron chi connectivity index (χ3n) is 2.84. The third-order valence-corrected chi connectivity index (χ3v) is 3.80. The van der Waals surface area contributed by atoms with Gasteiger partial charge in [0.05, 0.1) is 22.9 Å². The normalized spacial score (nSPS) is 26.3. The zero-order valence-corrected chi connectivity index (χ0v) is 11.4. The van der Waals surface area contributed by atoms with Crippen LogP contribution in [-0.2, 0) is 17.7 Å². The molecule has 2 atom stereocenters. The van der Waals surface area contributed by atoms with Crippen LogP contribution in [0.15, 0.2) is 5.38 Å². The first kappa shape index (κ1) is 13.0. The Labute approximate surface area is 107 Å². The van der Waals surface area contributed by atoms with Gasteiger partial charge in [0.1, 0.15) is 0 Å². The molecule has 2 heterocycles. The number of hydrogen-bond donors (Lipinski definition) is 1. The first-order valence-electron chi connectivity index (χ1n) is 6.18. The predicted molar refractivity (Wildman–Crippen MR) is 70.2 cm³/mol. The fraction of sp³-hybridized carbons (Fsp3) is 0.750. The second kappa shape index (κ2) is 5.91. The molecule has 2 rings (SSSR count). The van der Waals surface area contributed by atoms with Crippen LogP contribution in [0.2, 0.25) is 0 Å². The molecule has 0 amide bonds. The Balaban J connectivity index is 1.90. The molecule has 0 unspecified atom stereocenters. The van der Waals surface area contributed by atoms with Crippen molar-refractivity contribution < 1.29 is 4.74 Å². The summed E-state index contributed by atoms with van der Waals surface area (Å²) in [5.41, 5.74) is 6.70. The highest BCUT2D eigenvalue weighted by Crippen LogP contribution is 2.16. The Morgan fingerprint density at radius 1 is 1.47 bits per heavy atom. The lowest BCUT2D eigenvalue weighted by Gasteiger charge is -2.34. The van der Waals surface area contributed by atoms with Crippen LogP contribution in [0.1, 0.15) is 24.5 Å². The van der Waals surface area contributed by atoms with Gasteiger partial charge in [-0.1, -0.05) is 0 Å². The van der Waals surface area contributed by atoms with Crippen LogP contribution in [0.25, 0.3) is 0 Å². The maximum Gasteiger partial charge on any atom is 0.0941 e. The number of rotatable bonds is 4. The summed E-state index contributed by atoms with van der Waals surface area (Å²) in [7, 11) is 0. The van der Waals surface area contributed by atoms with Crippen molar-refractivity contribution in [1.29, 1.82) is 0 Å². The van der Waals surface area contributed by atoms with Crippen molar-refractivity contribution in [2.75, 3.05) is 19.6 Å². The molecule has 4 nitrogen and oxygen atoms in total. The number of nitrogens with zero attached hydrogens (tertiary/aromatic N) is 2. The van der Waals surface area contributed by atoms with E-state index in [-0.39, 0.29) is 0 Å². The number of nitrogens with two attached hydrogens (primary N) is 1. The molecule has 1 aliphatic rings. The fourth-order valence-electron chi connectivity index (χ4n) is 2.30. The van der Waals surface area contributed by atoms with E-state index < -0.39 is 0 Å². The lowest BCUT2D eigenvalue weighted by Crippen LogP contribution is -2.44. The van der Waals surface area contributed by atoms with Gasteiger partial charge in [-0.2, -0.15) is 0 Å². The number of ether oxygens (including phenoxy) is 1. The monoisotopic (exact) mass is 255 g/mol. The largest absolute Gasteiger partial charge is 0.373 e. The Hall–Kier alpha value is -0.490. The van der Waals surface area contributed by atoms with Gasteiger partial charge in [-0.05, 0) is 20.4 Å². The topological polar surface area (TPSA) is 51.4 Å². The van der Waals surface area contributed by atoms with Gasteiger partial charge < -0.3 is 10.5 Å². The van der Waals surface area contributed by atoms with Crippen LogP contribution < -0.4 is 5.73 Å². The first-order chi connectivity index (χ1) is 8.17. The molecule has 0 spiro atoms. The molecule has 1 aromatic rings. The van der Waals surface area contributed by atoms with Crippen LogP contribution in [0.3, 0.4) is 0 Å². The summed E-state index contributed by atoms with van der Waals surface area (Å²) in [6.45, 7) is 7.85. The zero-order valence-electron chi connectivity index (χ0n) is 10.6. The van der Waals surface area contributed by atoms with Gasteiger partial charge in [0.15, 0.2) is 0 Å². The summed E-state index contributed by atoms with van der Waals surface area (Å²) < 4.78 is 5.72. The fourth-order valence-corrected chi connectivity index (χ4v) is 3.11. The Morgan fingerprint density at radius 3 is 2.82 bits per heavy atom. The van der Waals surface area contributed by atoms with E-state index in [4.69, 9.17) is 10.5 Å². The lowest BCUT2D eigenvalue weighted by molar-refractivity contribution is -0.0707. The van der Waals surface area contributed by atoms with Crippen molar-refractivity contribution in [2.45, 2.75) is 39.0 Å². The van der Waals surface area contributed by atoms with Crippen molar-refractivity contribution >= 4 is 11.3 Å². The maximum atomic E-state index is 5.72. The Morgan fingerprint density at radius 2 is 2.18 bits per heavy atom. The molecule has 0 aliphatic carbocycles. The summed E-state index contributed by atoms with van der Waals surface area (Å²) >= 11 is 1.72. The van der Waals surface area contributed by atoms with E-state index in [0.717, 1.165) is 31.1 Å².